The number of aryl methyl sites for hydroxylation is 1. The van der Waals surface area contributed by atoms with E-state index in [1.165, 1.54) is 0 Å². The number of halogens is 1. The van der Waals surface area contributed by atoms with Crippen LogP contribution in [0.3, 0.4) is 0 Å². The van der Waals surface area contributed by atoms with Crippen LogP contribution in [0.2, 0.25) is 0 Å². The van der Waals surface area contributed by atoms with E-state index < -0.39 is 5.60 Å². The molecular formula is C33H41FN4O3. The number of piperidine rings is 1. The van der Waals surface area contributed by atoms with Crippen molar-refractivity contribution in [1.82, 2.24) is 15.2 Å². The quantitative estimate of drug-likeness (QED) is 0.364. The van der Waals surface area contributed by atoms with E-state index >= 15 is 4.39 Å². The number of nitrogens with zero attached hydrogens (tertiary/aromatic N) is 3. The van der Waals surface area contributed by atoms with E-state index in [1.54, 1.807) is 6.07 Å². The van der Waals surface area contributed by atoms with Crippen molar-refractivity contribution in [3.63, 3.8) is 0 Å². The molecule has 0 aliphatic carbocycles. The molecule has 0 saturated carbocycles. The maximum absolute atomic E-state index is 15.5. The standard InChI is InChI=1S/C33H41FN4O3/c1-23-10-12-28(31(35-23)40-22-24-8-6-5-7-9-24)25-11-13-30(29(34)20-25)38-19-16-27(21-38)37-17-14-26(15-18-37)36-32(39)41-33(2,3)4/h5-13,20,26-27H,14-19,21-22H2,1-4H3,(H,36,39). The van der Waals surface area contributed by atoms with Gasteiger partial charge in [-0.2, -0.15) is 0 Å². The minimum Gasteiger partial charge on any atom is -0.472 e. The van der Waals surface area contributed by atoms with E-state index in [-0.39, 0.29) is 18.0 Å². The lowest BCUT2D eigenvalue weighted by molar-refractivity contribution is 0.0471. The number of carbonyl (C=O) groups is 1. The molecule has 1 atom stereocenters. The van der Waals surface area contributed by atoms with Gasteiger partial charge in [-0.15, -0.1) is 0 Å². The van der Waals surface area contributed by atoms with Crippen LogP contribution in [0.4, 0.5) is 14.9 Å². The number of pyridine rings is 1. The molecule has 1 unspecified atom stereocenters. The third-order valence-corrected chi connectivity index (χ3v) is 7.75. The molecule has 0 spiro atoms. The van der Waals surface area contributed by atoms with E-state index in [9.17, 15) is 4.79 Å². The highest BCUT2D eigenvalue weighted by atomic mass is 19.1. The Morgan fingerprint density at radius 1 is 1.02 bits per heavy atom. The maximum atomic E-state index is 15.5. The smallest absolute Gasteiger partial charge is 0.407 e. The number of hydrogen-bond donors (Lipinski definition) is 1. The zero-order valence-corrected chi connectivity index (χ0v) is 24.5. The first-order valence-electron chi connectivity index (χ1n) is 14.6. The number of nitrogens with one attached hydrogen (secondary N) is 1. The zero-order valence-electron chi connectivity index (χ0n) is 24.5. The largest absolute Gasteiger partial charge is 0.472 e. The first-order valence-corrected chi connectivity index (χ1v) is 14.6. The van der Waals surface area contributed by atoms with Crippen LogP contribution in [0.25, 0.3) is 11.1 Å². The molecule has 41 heavy (non-hydrogen) atoms. The highest BCUT2D eigenvalue weighted by Crippen LogP contribution is 2.34. The first-order chi connectivity index (χ1) is 19.6. The topological polar surface area (TPSA) is 66.9 Å². The minimum atomic E-state index is -0.499. The van der Waals surface area contributed by atoms with Crippen LogP contribution in [-0.2, 0) is 11.3 Å². The molecule has 3 heterocycles. The predicted octanol–water partition coefficient (Wildman–Crippen LogP) is 6.34. The lowest BCUT2D eigenvalue weighted by atomic mass is 10.0. The fraction of sp³-hybridized carbons (Fsp3) is 0.455. The SMILES string of the molecule is Cc1ccc(-c2ccc(N3CCC(N4CCC(NC(=O)OC(C)(C)C)CC4)C3)c(F)c2)c(OCc2ccccc2)n1. The van der Waals surface area contributed by atoms with Gasteiger partial charge in [0.1, 0.15) is 18.0 Å². The normalized spacial score (nSPS) is 18.4. The molecule has 2 aromatic carbocycles. The number of aromatic nitrogens is 1. The molecule has 2 saturated heterocycles. The fourth-order valence-electron chi connectivity index (χ4n) is 5.66. The van der Waals surface area contributed by atoms with Crippen molar-refractivity contribution >= 4 is 11.8 Å². The third-order valence-electron chi connectivity index (χ3n) is 7.75. The summed E-state index contributed by atoms with van der Waals surface area (Å²) in [5.41, 5.74) is 3.55. The zero-order chi connectivity index (χ0) is 29.0. The molecule has 1 aromatic heterocycles. The number of rotatable bonds is 7. The van der Waals surface area contributed by atoms with Crippen molar-refractivity contribution in [1.29, 1.82) is 0 Å². The van der Waals surface area contributed by atoms with Crippen molar-refractivity contribution in [3.8, 4) is 17.0 Å². The summed E-state index contributed by atoms with van der Waals surface area (Å²) >= 11 is 0. The van der Waals surface area contributed by atoms with Gasteiger partial charge < -0.3 is 19.7 Å². The summed E-state index contributed by atoms with van der Waals surface area (Å²) in [7, 11) is 0. The Kier molecular flexibility index (Phi) is 8.78. The van der Waals surface area contributed by atoms with Crippen LogP contribution in [0.1, 0.15) is 51.3 Å². The van der Waals surface area contributed by atoms with Gasteiger partial charge in [-0.05, 0) is 82.3 Å². The molecule has 2 aliphatic heterocycles. The Balaban J connectivity index is 1.19. The van der Waals surface area contributed by atoms with Crippen LogP contribution < -0.4 is 15.0 Å². The Labute approximate surface area is 242 Å². The Hall–Kier alpha value is -3.65. The maximum Gasteiger partial charge on any atom is 0.407 e. The third kappa shape index (κ3) is 7.55. The van der Waals surface area contributed by atoms with Crippen LogP contribution in [0.15, 0.2) is 60.7 Å². The number of alkyl carbamates (subject to hydrolysis) is 1. The number of ether oxygens (including phenoxy) is 2. The van der Waals surface area contributed by atoms with E-state index in [0.717, 1.165) is 67.8 Å². The van der Waals surface area contributed by atoms with E-state index in [2.05, 4.69) is 20.1 Å². The van der Waals surface area contributed by atoms with Gasteiger partial charge in [0.05, 0.1) is 5.69 Å². The van der Waals surface area contributed by atoms with Gasteiger partial charge in [-0.3, -0.25) is 4.90 Å². The number of amides is 1. The number of likely N-dealkylation sites (tertiary alicyclic amines) is 1. The molecule has 1 N–H and O–H groups in total. The van der Waals surface area contributed by atoms with Gasteiger partial charge in [0, 0.05) is 49.5 Å². The van der Waals surface area contributed by atoms with Crippen molar-refractivity contribution < 1.29 is 18.7 Å². The van der Waals surface area contributed by atoms with Crippen LogP contribution in [-0.4, -0.2) is 59.8 Å². The van der Waals surface area contributed by atoms with Crippen molar-refractivity contribution in [2.45, 2.75) is 71.2 Å². The molecule has 218 valence electrons. The molecule has 2 fully saturated rings. The van der Waals surface area contributed by atoms with Gasteiger partial charge in [-0.25, -0.2) is 14.2 Å². The second kappa shape index (κ2) is 12.5. The second-order valence-electron chi connectivity index (χ2n) is 12.1. The highest BCUT2D eigenvalue weighted by Gasteiger charge is 2.32. The highest BCUT2D eigenvalue weighted by molar-refractivity contribution is 5.71. The van der Waals surface area contributed by atoms with Crippen molar-refractivity contribution in [2.24, 2.45) is 0 Å². The molecule has 0 bridgehead atoms. The number of hydrogen-bond acceptors (Lipinski definition) is 6. The molecular weight excluding hydrogens is 519 g/mol. The Bertz CT molecular complexity index is 1340. The Morgan fingerprint density at radius 3 is 2.49 bits per heavy atom. The lowest BCUT2D eigenvalue weighted by Crippen LogP contribution is -2.49. The number of benzene rings is 2. The molecule has 7 nitrogen and oxygen atoms in total. The summed E-state index contributed by atoms with van der Waals surface area (Å²) in [6, 6.07) is 19.8. The van der Waals surface area contributed by atoms with Crippen LogP contribution >= 0.6 is 0 Å². The Morgan fingerprint density at radius 2 is 1.78 bits per heavy atom. The fourth-order valence-corrected chi connectivity index (χ4v) is 5.66. The average molecular weight is 561 g/mol. The monoisotopic (exact) mass is 560 g/mol. The summed E-state index contributed by atoms with van der Waals surface area (Å²) < 4.78 is 27.0. The molecule has 5 rings (SSSR count). The van der Waals surface area contributed by atoms with Gasteiger partial charge in [0.25, 0.3) is 0 Å². The van der Waals surface area contributed by atoms with Crippen LogP contribution in [0, 0.1) is 12.7 Å². The number of anilines is 1. The summed E-state index contributed by atoms with van der Waals surface area (Å²) in [6.07, 6.45) is 2.42. The van der Waals surface area contributed by atoms with Gasteiger partial charge in [-0.1, -0.05) is 36.4 Å². The minimum absolute atomic E-state index is 0.126. The van der Waals surface area contributed by atoms with Crippen molar-refractivity contribution in [2.75, 3.05) is 31.1 Å². The molecule has 2 aliphatic rings. The van der Waals surface area contributed by atoms with Crippen LogP contribution in [0.5, 0.6) is 5.88 Å². The second-order valence-corrected chi connectivity index (χ2v) is 12.1. The predicted molar refractivity (Wildman–Crippen MR) is 160 cm³/mol. The number of carbonyl (C=O) groups excluding carboxylic acids is 1. The summed E-state index contributed by atoms with van der Waals surface area (Å²) in [6.45, 7) is 11.4. The van der Waals surface area contributed by atoms with Gasteiger partial charge in [0.15, 0.2) is 0 Å². The molecule has 3 aromatic rings. The lowest BCUT2D eigenvalue weighted by Gasteiger charge is -2.36. The molecule has 0 radical (unpaired) electrons. The molecule has 8 heteroatoms. The summed E-state index contributed by atoms with van der Waals surface area (Å²) in [5.74, 6) is 0.268. The van der Waals surface area contributed by atoms with E-state index in [1.807, 2.05) is 82.3 Å². The summed E-state index contributed by atoms with van der Waals surface area (Å²) in [5, 5.41) is 3.01. The average Bonchev–Trinajstić information content (AvgIpc) is 3.42. The van der Waals surface area contributed by atoms with E-state index in [0.29, 0.717) is 24.2 Å². The summed E-state index contributed by atoms with van der Waals surface area (Å²) in [4.78, 5) is 21.4. The van der Waals surface area contributed by atoms with Gasteiger partial charge >= 0.3 is 6.09 Å². The molecule has 1 amide bonds. The van der Waals surface area contributed by atoms with Gasteiger partial charge in [0.2, 0.25) is 5.88 Å². The first kappa shape index (κ1) is 28.9. The van der Waals surface area contributed by atoms with E-state index in [4.69, 9.17) is 9.47 Å². The van der Waals surface area contributed by atoms with Crippen molar-refractivity contribution in [3.05, 3.63) is 77.7 Å².